The zero-order valence-corrected chi connectivity index (χ0v) is 9.67. The fraction of sp³-hybridized carbons (Fsp3) is 0.846. The number of ether oxygens (including phenoxy) is 1. The van der Waals surface area contributed by atoms with Gasteiger partial charge in [-0.15, -0.1) is 11.8 Å². The molecule has 2 heteroatoms. The number of hydrogen-bond acceptors (Lipinski definition) is 2. The Labute approximate surface area is 93.0 Å². The summed E-state index contributed by atoms with van der Waals surface area (Å²) in [7, 11) is 0. The molecule has 0 saturated carbocycles. The topological polar surface area (TPSA) is 29.5 Å². The average Bonchev–Trinajstić information content (AvgIpc) is 2.28. The van der Waals surface area contributed by atoms with E-state index in [9.17, 15) is 5.11 Å². The van der Waals surface area contributed by atoms with E-state index in [1.807, 2.05) is 6.92 Å². The van der Waals surface area contributed by atoms with Crippen LogP contribution >= 0.6 is 0 Å². The number of rotatable bonds is 5. The van der Waals surface area contributed by atoms with E-state index in [0.29, 0.717) is 6.10 Å². The third kappa shape index (κ3) is 5.81. The van der Waals surface area contributed by atoms with Gasteiger partial charge in [-0.1, -0.05) is 0 Å². The van der Waals surface area contributed by atoms with E-state index in [0.717, 1.165) is 32.3 Å². The van der Waals surface area contributed by atoms with Gasteiger partial charge < -0.3 is 9.84 Å². The molecule has 0 aromatic rings. The largest absolute Gasteiger partial charge is 0.393 e. The minimum absolute atomic E-state index is 0.198. The van der Waals surface area contributed by atoms with E-state index in [2.05, 4.69) is 11.8 Å². The predicted molar refractivity (Wildman–Crippen MR) is 61.5 cm³/mol. The third-order valence-electron chi connectivity index (χ3n) is 2.88. The van der Waals surface area contributed by atoms with Crippen LogP contribution in [-0.4, -0.2) is 23.9 Å². The van der Waals surface area contributed by atoms with Crippen LogP contribution in [0.2, 0.25) is 0 Å². The summed E-state index contributed by atoms with van der Waals surface area (Å²) >= 11 is 0. The Bertz CT molecular complexity index is 208. The van der Waals surface area contributed by atoms with Gasteiger partial charge in [0.05, 0.1) is 12.2 Å². The maximum atomic E-state index is 9.68. The van der Waals surface area contributed by atoms with Crippen LogP contribution in [0.4, 0.5) is 0 Å². The molecule has 1 aliphatic heterocycles. The van der Waals surface area contributed by atoms with Crippen LogP contribution in [-0.2, 0) is 4.74 Å². The summed E-state index contributed by atoms with van der Waals surface area (Å²) in [5.41, 5.74) is 0. The lowest BCUT2D eigenvalue weighted by atomic mass is 10.0. The summed E-state index contributed by atoms with van der Waals surface area (Å²) in [4.78, 5) is 0. The highest BCUT2D eigenvalue weighted by Crippen LogP contribution is 2.18. The van der Waals surface area contributed by atoms with E-state index < -0.39 is 0 Å². The normalized spacial score (nSPS) is 22.9. The molecule has 1 rings (SSSR count). The van der Waals surface area contributed by atoms with Gasteiger partial charge in [0.25, 0.3) is 0 Å². The first-order valence-corrected chi connectivity index (χ1v) is 6.02. The summed E-state index contributed by atoms with van der Waals surface area (Å²) in [6.07, 6.45) is 7.31. The van der Waals surface area contributed by atoms with E-state index >= 15 is 0 Å². The monoisotopic (exact) mass is 210 g/mol. The molecule has 2 nitrogen and oxygen atoms in total. The molecule has 0 aliphatic carbocycles. The molecule has 2 atom stereocenters. The van der Waals surface area contributed by atoms with Gasteiger partial charge in [0, 0.05) is 13.0 Å². The first-order chi connectivity index (χ1) is 7.33. The summed E-state index contributed by atoms with van der Waals surface area (Å²) in [5, 5.41) is 9.68. The molecule has 1 fully saturated rings. The Morgan fingerprint density at radius 3 is 2.93 bits per heavy atom. The minimum atomic E-state index is -0.198. The van der Waals surface area contributed by atoms with E-state index in [1.165, 1.54) is 19.3 Å². The Hall–Kier alpha value is -0.520. The van der Waals surface area contributed by atoms with Crippen LogP contribution in [0.25, 0.3) is 0 Å². The van der Waals surface area contributed by atoms with Gasteiger partial charge >= 0.3 is 0 Å². The van der Waals surface area contributed by atoms with Crippen LogP contribution in [0.15, 0.2) is 0 Å². The highest BCUT2D eigenvalue weighted by Gasteiger charge is 2.15. The molecule has 0 bridgehead atoms. The number of aliphatic hydroxyl groups is 1. The van der Waals surface area contributed by atoms with Crippen molar-refractivity contribution >= 4 is 0 Å². The van der Waals surface area contributed by atoms with Crippen LogP contribution in [0, 0.1) is 11.8 Å². The molecule has 1 aliphatic rings. The Morgan fingerprint density at radius 2 is 2.27 bits per heavy atom. The van der Waals surface area contributed by atoms with Gasteiger partial charge in [0.1, 0.15) is 0 Å². The quantitative estimate of drug-likeness (QED) is 0.706. The van der Waals surface area contributed by atoms with Crippen molar-refractivity contribution in [1.82, 2.24) is 0 Å². The van der Waals surface area contributed by atoms with Crippen LogP contribution in [0.5, 0.6) is 0 Å². The van der Waals surface area contributed by atoms with Crippen molar-refractivity contribution in [3.8, 4) is 11.8 Å². The Kier molecular flexibility index (Phi) is 6.47. The van der Waals surface area contributed by atoms with Gasteiger partial charge in [-0.3, -0.25) is 0 Å². The first kappa shape index (κ1) is 12.5. The van der Waals surface area contributed by atoms with Crippen LogP contribution < -0.4 is 0 Å². The maximum Gasteiger partial charge on any atom is 0.0576 e. The molecule has 0 radical (unpaired) electrons. The third-order valence-corrected chi connectivity index (χ3v) is 2.88. The summed E-state index contributed by atoms with van der Waals surface area (Å²) in [6, 6.07) is 0. The molecular weight excluding hydrogens is 188 g/mol. The van der Waals surface area contributed by atoms with E-state index in [4.69, 9.17) is 4.74 Å². The van der Waals surface area contributed by atoms with Gasteiger partial charge in [0.15, 0.2) is 0 Å². The molecule has 0 spiro atoms. The molecule has 2 unspecified atom stereocenters. The average molecular weight is 210 g/mol. The summed E-state index contributed by atoms with van der Waals surface area (Å²) < 4.78 is 5.61. The summed E-state index contributed by atoms with van der Waals surface area (Å²) in [5.74, 6) is 5.82. The summed E-state index contributed by atoms with van der Waals surface area (Å²) in [6.45, 7) is 2.74. The van der Waals surface area contributed by atoms with E-state index in [1.54, 1.807) is 0 Å². The number of hydrogen-bond donors (Lipinski definition) is 1. The fourth-order valence-electron chi connectivity index (χ4n) is 1.92. The van der Waals surface area contributed by atoms with Crippen molar-refractivity contribution in [3.05, 3.63) is 0 Å². The lowest BCUT2D eigenvalue weighted by Gasteiger charge is -2.23. The van der Waals surface area contributed by atoms with Crippen molar-refractivity contribution in [3.63, 3.8) is 0 Å². The lowest BCUT2D eigenvalue weighted by molar-refractivity contribution is 0.00186. The van der Waals surface area contributed by atoms with Crippen molar-refractivity contribution in [2.75, 3.05) is 6.61 Å². The minimum Gasteiger partial charge on any atom is -0.393 e. The maximum absolute atomic E-state index is 9.68. The van der Waals surface area contributed by atoms with Crippen LogP contribution in [0.3, 0.4) is 0 Å². The van der Waals surface area contributed by atoms with Gasteiger partial charge in [-0.05, 0) is 45.4 Å². The SMILES string of the molecule is CC#CCCC(O)CCC1CCCCO1. The zero-order chi connectivity index (χ0) is 10.9. The molecule has 0 amide bonds. The van der Waals surface area contributed by atoms with Crippen molar-refractivity contribution < 1.29 is 9.84 Å². The van der Waals surface area contributed by atoms with Crippen molar-refractivity contribution in [2.24, 2.45) is 0 Å². The van der Waals surface area contributed by atoms with Gasteiger partial charge in [-0.2, -0.15) is 0 Å². The number of aliphatic hydroxyl groups excluding tert-OH is 1. The Morgan fingerprint density at radius 1 is 1.40 bits per heavy atom. The standard InChI is InChI=1S/C13H22O2/c1-2-3-4-7-12(14)9-10-13-8-5-6-11-15-13/h12-14H,4-11H2,1H3. The molecule has 15 heavy (non-hydrogen) atoms. The molecule has 86 valence electrons. The van der Waals surface area contributed by atoms with Crippen molar-refractivity contribution in [1.29, 1.82) is 0 Å². The van der Waals surface area contributed by atoms with Gasteiger partial charge in [-0.25, -0.2) is 0 Å². The molecule has 1 heterocycles. The second-order valence-corrected chi connectivity index (χ2v) is 4.19. The van der Waals surface area contributed by atoms with Crippen LogP contribution in [0.1, 0.15) is 51.9 Å². The van der Waals surface area contributed by atoms with Crippen molar-refractivity contribution in [2.45, 2.75) is 64.1 Å². The molecular formula is C13H22O2. The first-order valence-electron chi connectivity index (χ1n) is 6.02. The molecule has 0 aromatic carbocycles. The van der Waals surface area contributed by atoms with Gasteiger partial charge in [0.2, 0.25) is 0 Å². The predicted octanol–water partition coefficient (Wildman–Crippen LogP) is 2.50. The fourth-order valence-corrected chi connectivity index (χ4v) is 1.92. The highest BCUT2D eigenvalue weighted by atomic mass is 16.5. The molecule has 1 N–H and O–H groups in total. The lowest BCUT2D eigenvalue weighted by Crippen LogP contribution is -2.21. The Balaban J connectivity index is 2.03. The smallest absolute Gasteiger partial charge is 0.0576 e. The zero-order valence-electron chi connectivity index (χ0n) is 9.67. The molecule has 1 saturated heterocycles. The highest BCUT2D eigenvalue weighted by molar-refractivity contribution is 4.95. The molecule has 0 aromatic heterocycles. The second kappa shape index (κ2) is 7.73. The second-order valence-electron chi connectivity index (χ2n) is 4.19. The van der Waals surface area contributed by atoms with E-state index in [-0.39, 0.29) is 6.10 Å².